The fraction of sp³-hybridized carbons (Fsp3) is 0.0455. The highest BCUT2D eigenvalue weighted by Crippen LogP contribution is 2.30. The molecule has 0 aliphatic rings. The fourth-order valence-corrected chi connectivity index (χ4v) is 2.78. The quantitative estimate of drug-likeness (QED) is 0.521. The van der Waals surface area contributed by atoms with Crippen LogP contribution in [0.15, 0.2) is 85.3 Å². The SMILES string of the molecule is Cc1ccc(-c2cc(-c3ccccn3)cc(-c3ccccn3)c2)nc1. The van der Waals surface area contributed by atoms with Crippen LogP contribution in [-0.2, 0) is 0 Å². The molecular formula is C22H17N3. The molecule has 3 nitrogen and oxygen atoms in total. The molecule has 3 aromatic heterocycles. The van der Waals surface area contributed by atoms with Gasteiger partial charge in [0.25, 0.3) is 0 Å². The van der Waals surface area contributed by atoms with Gasteiger partial charge in [-0.05, 0) is 61.0 Å². The highest BCUT2D eigenvalue weighted by Gasteiger charge is 2.09. The lowest BCUT2D eigenvalue weighted by Crippen LogP contribution is -1.90. The van der Waals surface area contributed by atoms with E-state index >= 15 is 0 Å². The lowest BCUT2D eigenvalue weighted by molar-refractivity contribution is 1.26. The van der Waals surface area contributed by atoms with Crippen LogP contribution < -0.4 is 0 Å². The summed E-state index contributed by atoms with van der Waals surface area (Å²) in [6.07, 6.45) is 5.52. The van der Waals surface area contributed by atoms with Gasteiger partial charge in [-0.15, -0.1) is 0 Å². The molecule has 25 heavy (non-hydrogen) atoms. The molecule has 4 aromatic rings. The van der Waals surface area contributed by atoms with Crippen molar-refractivity contribution in [1.82, 2.24) is 15.0 Å². The molecule has 0 aliphatic carbocycles. The molecule has 0 unspecified atom stereocenters. The van der Waals surface area contributed by atoms with E-state index in [1.807, 2.05) is 61.9 Å². The van der Waals surface area contributed by atoms with E-state index in [4.69, 9.17) is 0 Å². The maximum atomic E-state index is 4.58. The van der Waals surface area contributed by atoms with Crippen LogP contribution in [0.3, 0.4) is 0 Å². The van der Waals surface area contributed by atoms with Gasteiger partial charge in [-0.25, -0.2) is 0 Å². The van der Waals surface area contributed by atoms with E-state index in [1.165, 1.54) is 0 Å². The number of aromatic nitrogens is 3. The first kappa shape index (κ1) is 15.2. The summed E-state index contributed by atoms with van der Waals surface area (Å²) in [6.45, 7) is 2.04. The predicted molar refractivity (Wildman–Crippen MR) is 101 cm³/mol. The molecule has 0 amide bonds. The Bertz CT molecular complexity index is 921. The smallest absolute Gasteiger partial charge is 0.0702 e. The van der Waals surface area contributed by atoms with Crippen LogP contribution in [0.5, 0.6) is 0 Å². The lowest BCUT2D eigenvalue weighted by atomic mass is 9.98. The third-order valence-corrected chi connectivity index (χ3v) is 4.06. The summed E-state index contributed by atoms with van der Waals surface area (Å²) >= 11 is 0. The van der Waals surface area contributed by atoms with Gasteiger partial charge in [0.1, 0.15) is 0 Å². The fourth-order valence-electron chi connectivity index (χ4n) is 2.78. The Labute approximate surface area is 147 Å². The number of rotatable bonds is 3. The number of pyridine rings is 3. The Hall–Kier alpha value is -3.33. The van der Waals surface area contributed by atoms with Crippen molar-refractivity contribution in [2.24, 2.45) is 0 Å². The molecule has 120 valence electrons. The Kier molecular flexibility index (Phi) is 4.05. The number of benzene rings is 1. The summed E-state index contributed by atoms with van der Waals surface area (Å²) in [6, 6.07) is 22.4. The standard InChI is InChI=1S/C22H17N3/c1-16-8-9-22(25-15-16)19-13-17(20-6-2-4-10-23-20)12-18(14-19)21-7-3-5-11-24-21/h2-15H,1H3. The molecule has 0 N–H and O–H groups in total. The Morgan fingerprint density at radius 2 is 1.08 bits per heavy atom. The molecule has 1 aromatic carbocycles. The maximum Gasteiger partial charge on any atom is 0.0702 e. The maximum absolute atomic E-state index is 4.58. The molecule has 0 spiro atoms. The minimum Gasteiger partial charge on any atom is -0.256 e. The predicted octanol–water partition coefficient (Wildman–Crippen LogP) is 5.18. The Balaban J connectivity index is 1.90. The summed E-state index contributed by atoms with van der Waals surface area (Å²) < 4.78 is 0. The van der Waals surface area contributed by atoms with E-state index in [0.717, 1.165) is 39.3 Å². The largest absolute Gasteiger partial charge is 0.256 e. The Morgan fingerprint density at radius 1 is 0.560 bits per heavy atom. The van der Waals surface area contributed by atoms with Gasteiger partial charge in [0.05, 0.1) is 17.1 Å². The second kappa shape index (κ2) is 6.65. The van der Waals surface area contributed by atoms with E-state index < -0.39 is 0 Å². The Morgan fingerprint density at radius 3 is 1.48 bits per heavy atom. The molecule has 0 saturated heterocycles. The van der Waals surface area contributed by atoms with Gasteiger partial charge in [-0.1, -0.05) is 18.2 Å². The first-order valence-electron chi connectivity index (χ1n) is 8.20. The normalized spacial score (nSPS) is 10.6. The summed E-state index contributed by atoms with van der Waals surface area (Å²) in [5.74, 6) is 0. The van der Waals surface area contributed by atoms with Crippen LogP contribution in [-0.4, -0.2) is 15.0 Å². The molecule has 3 heteroatoms. The van der Waals surface area contributed by atoms with E-state index in [-0.39, 0.29) is 0 Å². The molecule has 4 rings (SSSR count). The minimum atomic E-state index is 0.939. The second-order valence-electron chi connectivity index (χ2n) is 5.95. The second-order valence-corrected chi connectivity index (χ2v) is 5.95. The molecule has 0 bridgehead atoms. The third-order valence-electron chi connectivity index (χ3n) is 4.06. The van der Waals surface area contributed by atoms with Gasteiger partial charge in [-0.3, -0.25) is 15.0 Å². The highest BCUT2D eigenvalue weighted by molar-refractivity contribution is 5.77. The number of nitrogens with zero attached hydrogens (tertiary/aromatic N) is 3. The van der Waals surface area contributed by atoms with Gasteiger partial charge in [0.15, 0.2) is 0 Å². The van der Waals surface area contributed by atoms with Crippen LogP contribution >= 0.6 is 0 Å². The average Bonchev–Trinajstić information content (AvgIpc) is 2.69. The highest BCUT2D eigenvalue weighted by atomic mass is 14.7. The molecule has 0 aliphatic heterocycles. The first-order chi connectivity index (χ1) is 12.3. The van der Waals surface area contributed by atoms with Crippen molar-refractivity contribution in [1.29, 1.82) is 0 Å². The molecule has 0 radical (unpaired) electrons. The zero-order valence-corrected chi connectivity index (χ0v) is 13.9. The van der Waals surface area contributed by atoms with Crippen molar-refractivity contribution in [3.8, 4) is 33.8 Å². The zero-order valence-electron chi connectivity index (χ0n) is 13.9. The van der Waals surface area contributed by atoms with Crippen molar-refractivity contribution in [2.45, 2.75) is 6.92 Å². The minimum absolute atomic E-state index is 0.939. The first-order valence-corrected chi connectivity index (χ1v) is 8.20. The lowest BCUT2D eigenvalue weighted by Gasteiger charge is -2.10. The topological polar surface area (TPSA) is 38.7 Å². The van der Waals surface area contributed by atoms with Gasteiger partial charge in [-0.2, -0.15) is 0 Å². The molecule has 3 heterocycles. The monoisotopic (exact) mass is 323 g/mol. The van der Waals surface area contributed by atoms with E-state index in [2.05, 4.69) is 45.3 Å². The molecule has 0 fully saturated rings. The van der Waals surface area contributed by atoms with Gasteiger partial charge in [0, 0.05) is 35.3 Å². The number of hydrogen-bond donors (Lipinski definition) is 0. The average molecular weight is 323 g/mol. The third kappa shape index (κ3) is 3.31. The van der Waals surface area contributed by atoms with Crippen molar-refractivity contribution in [2.75, 3.05) is 0 Å². The van der Waals surface area contributed by atoms with Crippen molar-refractivity contribution < 1.29 is 0 Å². The number of hydrogen-bond acceptors (Lipinski definition) is 3. The van der Waals surface area contributed by atoms with Crippen molar-refractivity contribution >= 4 is 0 Å². The van der Waals surface area contributed by atoms with Crippen LogP contribution in [0.1, 0.15) is 5.56 Å². The van der Waals surface area contributed by atoms with E-state index in [1.54, 1.807) is 0 Å². The molecule has 0 saturated carbocycles. The van der Waals surface area contributed by atoms with Crippen LogP contribution in [0.2, 0.25) is 0 Å². The van der Waals surface area contributed by atoms with Crippen LogP contribution in [0.25, 0.3) is 33.8 Å². The van der Waals surface area contributed by atoms with Gasteiger partial charge >= 0.3 is 0 Å². The van der Waals surface area contributed by atoms with Crippen molar-refractivity contribution in [3.05, 3.63) is 90.9 Å². The summed E-state index contributed by atoms with van der Waals surface area (Å²) in [7, 11) is 0. The van der Waals surface area contributed by atoms with Gasteiger partial charge < -0.3 is 0 Å². The van der Waals surface area contributed by atoms with Gasteiger partial charge in [0.2, 0.25) is 0 Å². The summed E-state index contributed by atoms with van der Waals surface area (Å²) in [4.78, 5) is 13.6. The summed E-state index contributed by atoms with van der Waals surface area (Å²) in [5, 5.41) is 0. The molecular weight excluding hydrogens is 306 g/mol. The van der Waals surface area contributed by atoms with Crippen molar-refractivity contribution in [3.63, 3.8) is 0 Å². The van der Waals surface area contributed by atoms with E-state index in [9.17, 15) is 0 Å². The summed E-state index contributed by atoms with van der Waals surface area (Å²) in [5.41, 5.74) is 7.14. The van der Waals surface area contributed by atoms with Crippen LogP contribution in [0, 0.1) is 6.92 Å². The zero-order chi connectivity index (χ0) is 17.1. The van der Waals surface area contributed by atoms with Crippen LogP contribution in [0.4, 0.5) is 0 Å². The molecule has 0 atom stereocenters. The van der Waals surface area contributed by atoms with E-state index in [0.29, 0.717) is 0 Å². The number of aryl methyl sites for hydroxylation is 1.